The number of aliphatic imine (C=N–C) groups is 1. The Kier molecular flexibility index (Phi) is 8.62. The van der Waals surface area contributed by atoms with Crippen molar-refractivity contribution in [3.63, 3.8) is 0 Å². The summed E-state index contributed by atoms with van der Waals surface area (Å²) in [6.45, 7) is 5.45. The molecule has 1 atom stereocenters. The molecule has 4 rings (SSSR count). The van der Waals surface area contributed by atoms with Gasteiger partial charge < -0.3 is 25.4 Å². The predicted molar refractivity (Wildman–Crippen MR) is 132 cm³/mol. The van der Waals surface area contributed by atoms with E-state index >= 15 is 0 Å². The van der Waals surface area contributed by atoms with E-state index in [-0.39, 0.29) is 24.0 Å². The van der Waals surface area contributed by atoms with Crippen molar-refractivity contribution in [1.82, 2.24) is 4.90 Å². The lowest BCUT2D eigenvalue weighted by atomic mass is 10.1. The quantitative estimate of drug-likeness (QED) is 0.344. The number of nitrogens with one attached hydrogen (secondary N) is 1. The zero-order valence-electron chi connectivity index (χ0n) is 17.3. The van der Waals surface area contributed by atoms with Crippen molar-refractivity contribution >= 4 is 35.6 Å². The summed E-state index contributed by atoms with van der Waals surface area (Å²) in [4.78, 5) is 7.10. The lowest BCUT2D eigenvalue weighted by molar-refractivity contribution is 0.297. The molecule has 162 valence electrons. The number of hydrogen-bond acceptors (Lipinski definition) is 4. The van der Waals surface area contributed by atoms with E-state index in [1.165, 1.54) is 12.0 Å². The molecule has 0 bridgehead atoms. The van der Waals surface area contributed by atoms with Crippen LogP contribution in [0, 0.1) is 5.92 Å². The Morgan fingerprint density at radius 1 is 1.10 bits per heavy atom. The van der Waals surface area contributed by atoms with Gasteiger partial charge in [-0.2, -0.15) is 0 Å². The number of likely N-dealkylation sites (tertiary alicyclic amines) is 1. The Labute approximate surface area is 195 Å². The van der Waals surface area contributed by atoms with Crippen molar-refractivity contribution in [1.29, 1.82) is 0 Å². The van der Waals surface area contributed by atoms with Gasteiger partial charge in [0.15, 0.2) is 17.5 Å². The van der Waals surface area contributed by atoms with Gasteiger partial charge in [-0.25, -0.2) is 0 Å². The minimum absolute atomic E-state index is 0. The van der Waals surface area contributed by atoms with E-state index in [9.17, 15) is 0 Å². The first-order valence-corrected chi connectivity index (χ1v) is 10.5. The van der Waals surface area contributed by atoms with E-state index in [1.54, 1.807) is 0 Å². The molecule has 0 amide bonds. The average Bonchev–Trinajstić information content (AvgIpc) is 3.07. The van der Waals surface area contributed by atoms with Crippen molar-refractivity contribution in [3.05, 3.63) is 54.1 Å². The molecule has 2 heterocycles. The lowest BCUT2D eigenvalue weighted by Gasteiger charge is -2.15. The lowest BCUT2D eigenvalue weighted by Crippen LogP contribution is -2.26. The average molecular weight is 522 g/mol. The smallest absolute Gasteiger partial charge is 0.193 e. The number of ether oxygens (including phenoxy) is 2. The van der Waals surface area contributed by atoms with Gasteiger partial charge in [-0.15, -0.1) is 24.0 Å². The fourth-order valence-corrected chi connectivity index (χ4v) is 3.85. The standard InChI is InChI=1S/C23H30N4O2.HI/c24-23(26-20-7-8-21-22(15-20)29-14-4-13-28-21)25-16-19-10-12-27(17-19)11-9-18-5-2-1-3-6-18;/h1-3,5-8,15,19H,4,9-14,16-17H2,(H3,24,25,26);1H. The second-order valence-electron chi connectivity index (χ2n) is 7.75. The normalized spacial score (nSPS) is 19.1. The maximum atomic E-state index is 6.11. The van der Waals surface area contributed by atoms with Crippen LogP contribution in [-0.4, -0.2) is 50.3 Å². The highest BCUT2D eigenvalue weighted by Gasteiger charge is 2.21. The molecular weight excluding hydrogens is 491 g/mol. The number of guanidine groups is 1. The van der Waals surface area contributed by atoms with Crippen LogP contribution >= 0.6 is 24.0 Å². The van der Waals surface area contributed by atoms with Crippen LogP contribution in [0.1, 0.15) is 18.4 Å². The van der Waals surface area contributed by atoms with Crippen molar-refractivity contribution in [2.24, 2.45) is 16.6 Å². The van der Waals surface area contributed by atoms with Crippen molar-refractivity contribution in [2.45, 2.75) is 19.3 Å². The maximum absolute atomic E-state index is 6.11. The number of nitrogens with two attached hydrogens (primary N) is 1. The first-order chi connectivity index (χ1) is 14.3. The molecule has 2 aromatic rings. The minimum atomic E-state index is 0. The zero-order valence-corrected chi connectivity index (χ0v) is 19.6. The Morgan fingerprint density at radius 2 is 1.90 bits per heavy atom. The number of benzene rings is 2. The molecule has 0 radical (unpaired) electrons. The SMILES string of the molecule is I.NC(=NCC1CCN(CCc2ccccc2)C1)Nc1ccc2c(c1)OCCCO2. The second-order valence-corrected chi connectivity index (χ2v) is 7.75. The molecule has 0 spiro atoms. The number of nitrogens with zero attached hydrogens (tertiary/aromatic N) is 2. The van der Waals surface area contributed by atoms with Crippen LogP contribution in [-0.2, 0) is 6.42 Å². The molecule has 1 fully saturated rings. The van der Waals surface area contributed by atoms with E-state index in [2.05, 4.69) is 45.5 Å². The number of anilines is 1. The Balaban J connectivity index is 0.00000256. The van der Waals surface area contributed by atoms with Crippen LogP contribution in [0.15, 0.2) is 53.5 Å². The Bertz CT molecular complexity index is 831. The highest BCUT2D eigenvalue weighted by Crippen LogP contribution is 2.32. The summed E-state index contributed by atoms with van der Waals surface area (Å²) in [7, 11) is 0. The molecule has 1 saturated heterocycles. The van der Waals surface area contributed by atoms with E-state index in [0.29, 0.717) is 25.1 Å². The van der Waals surface area contributed by atoms with E-state index in [1.807, 2.05) is 18.2 Å². The van der Waals surface area contributed by atoms with Crippen LogP contribution in [0.5, 0.6) is 11.5 Å². The van der Waals surface area contributed by atoms with Gasteiger partial charge in [0.1, 0.15) is 0 Å². The van der Waals surface area contributed by atoms with Crippen LogP contribution in [0.25, 0.3) is 0 Å². The van der Waals surface area contributed by atoms with E-state index in [4.69, 9.17) is 15.2 Å². The number of halogens is 1. The fraction of sp³-hybridized carbons (Fsp3) is 0.435. The molecule has 6 nitrogen and oxygen atoms in total. The second kappa shape index (κ2) is 11.4. The molecule has 2 aromatic carbocycles. The molecule has 2 aliphatic heterocycles. The van der Waals surface area contributed by atoms with E-state index < -0.39 is 0 Å². The van der Waals surface area contributed by atoms with Gasteiger partial charge in [-0.1, -0.05) is 30.3 Å². The van der Waals surface area contributed by atoms with Gasteiger partial charge in [0.2, 0.25) is 0 Å². The molecular formula is C23H31IN4O2. The van der Waals surface area contributed by atoms with Crippen molar-refractivity contribution < 1.29 is 9.47 Å². The van der Waals surface area contributed by atoms with Gasteiger partial charge in [0.05, 0.1) is 13.2 Å². The summed E-state index contributed by atoms with van der Waals surface area (Å²) in [5, 5.41) is 3.17. The molecule has 3 N–H and O–H groups in total. The maximum Gasteiger partial charge on any atom is 0.193 e. The molecule has 30 heavy (non-hydrogen) atoms. The minimum Gasteiger partial charge on any atom is -0.490 e. The Morgan fingerprint density at radius 3 is 2.73 bits per heavy atom. The molecule has 0 aromatic heterocycles. The van der Waals surface area contributed by atoms with Gasteiger partial charge in [-0.05, 0) is 43.0 Å². The molecule has 7 heteroatoms. The molecule has 2 aliphatic rings. The fourth-order valence-electron chi connectivity index (χ4n) is 3.85. The number of hydrogen-bond donors (Lipinski definition) is 2. The zero-order chi connectivity index (χ0) is 19.9. The highest BCUT2D eigenvalue weighted by atomic mass is 127. The van der Waals surface area contributed by atoms with Crippen LogP contribution in [0.2, 0.25) is 0 Å². The van der Waals surface area contributed by atoms with Crippen molar-refractivity contribution in [3.8, 4) is 11.5 Å². The number of rotatable bonds is 6. The third-order valence-electron chi connectivity index (χ3n) is 5.47. The third kappa shape index (κ3) is 6.50. The first-order valence-electron chi connectivity index (χ1n) is 10.5. The third-order valence-corrected chi connectivity index (χ3v) is 5.47. The molecule has 0 aliphatic carbocycles. The topological polar surface area (TPSA) is 72.1 Å². The van der Waals surface area contributed by atoms with Gasteiger partial charge in [0.25, 0.3) is 0 Å². The van der Waals surface area contributed by atoms with Gasteiger partial charge >= 0.3 is 0 Å². The van der Waals surface area contributed by atoms with Crippen LogP contribution in [0.3, 0.4) is 0 Å². The van der Waals surface area contributed by atoms with Crippen LogP contribution in [0.4, 0.5) is 5.69 Å². The summed E-state index contributed by atoms with van der Waals surface area (Å²) in [5.41, 5.74) is 8.38. The summed E-state index contributed by atoms with van der Waals surface area (Å²) < 4.78 is 11.4. The molecule has 1 unspecified atom stereocenters. The van der Waals surface area contributed by atoms with Crippen LogP contribution < -0.4 is 20.5 Å². The van der Waals surface area contributed by atoms with E-state index in [0.717, 1.165) is 56.2 Å². The summed E-state index contributed by atoms with van der Waals surface area (Å²) in [6, 6.07) is 16.5. The first kappa shape index (κ1) is 22.7. The molecule has 0 saturated carbocycles. The number of fused-ring (bicyclic) bond motifs is 1. The Hall–Kier alpha value is -2.00. The summed E-state index contributed by atoms with van der Waals surface area (Å²) in [5.74, 6) is 2.55. The summed E-state index contributed by atoms with van der Waals surface area (Å²) in [6.07, 6.45) is 3.17. The van der Waals surface area contributed by atoms with Gasteiger partial charge in [0, 0.05) is 37.8 Å². The predicted octanol–water partition coefficient (Wildman–Crippen LogP) is 3.76. The monoisotopic (exact) mass is 522 g/mol. The van der Waals surface area contributed by atoms with Crippen molar-refractivity contribution in [2.75, 3.05) is 44.7 Å². The summed E-state index contributed by atoms with van der Waals surface area (Å²) >= 11 is 0. The highest BCUT2D eigenvalue weighted by molar-refractivity contribution is 14.0. The van der Waals surface area contributed by atoms with Gasteiger partial charge in [-0.3, -0.25) is 4.99 Å². The largest absolute Gasteiger partial charge is 0.490 e.